The summed E-state index contributed by atoms with van der Waals surface area (Å²) in [5.74, 6) is 0.304. The van der Waals surface area contributed by atoms with E-state index in [2.05, 4.69) is 42.7 Å². The van der Waals surface area contributed by atoms with E-state index in [1.54, 1.807) is 42.6 Å². The minimum atomic E-state index is -3.48. The lowest BCUT2D eigenvalue weighted by Crippen LogP contribution is -2.44. The molecule has 2 aromatic carbocycles. The molecule has 0 unspecified atom stereocenters. The maximum absolute atomic E-state index is 15.0. The quantitative estimate of drug-likeness (QED) is 0.334. The van der Waals surface area contributed by atoms with Gasteiger partial charge in [0, 0.05) is 38.9 Å². The van der Waals surface area contributed by atoms with Gasteiger partial charge in [-0.1, -0.05) is 12.1 Å². The molecule has 2 aromatic heterocycles. The van der Waals surface area contributed by atoms with Crippen LogP contribution in [0.5, 0.6) is 0 Å². The molecule has 0 aliphatic carbocycles. The van der Waals surface area contributed by atoms with Crippen molar-refractivity contribution in [1.29, 1.82) is 0 Å². The fourth-order valence-electron chi connectivity index (χ4n) is 4.16. The molecule has 3 heterocycles. The number of nitrogens with one attached hydrogen (secondary N) is 3. The van der Waals surface area contributed by atoms with E-state index in [0.717, 1.165) is 32.4 Å². The fourth-order valence-corrected chi connectivity index (χ4v) is 4.68. The monoisotopic (exact) mass is 525 g/mol. The highest BCUT2D eigenvalue weighted by atomic mass is 32.2. The van der Waals surface area contributed by atoms with Crippen LogP contribution in [0.15, 0.2) is 48.7 Å². The van der Waals surface area contributed by atoms with E-state index in [4.69, 9.17) is 0 Å². The van der Waals surface area contributed by atoms with E-state index in [1.165, 1.54) is 17.4 Å². The molecule has 11 nitrogen and oxygen atoms in total. The van der Waals surface area contributed by atoms with E-state index in [0.29, 0.717) is 39.6 Å². The summed E-state index contributed by atoms with van der Waals surface area (Å²) in [5, 5.41) is 13.8. The van der Waals surface area contributed by atoms with Crippen molar-refractivity contribution in [1.82, 2.24) is 25.1 Å². The Bertz CT molecular complexity index is 1530. The highest BCUT2D eigenvalue weighted by molar-refractivity contribution is 7.92. The number of likely N-dealkylation sites (N-methyl/N-ethyl adjacent to an activating group) is 1. The van der Waals surface area contributed by atoms with Crippen molar-refractivity contribution in [3.63, 3.8) is 0 Å². The van der Waals surface area contributed by atoms with E-state index in [1.807, 2.05) is 4.90 Å². The number of benzene rings is 2. The second-order valence-electron chi connectivity index (χ2n) is 8.98. The zero-order chi connectivity index (χ0) is 26.2. The molecule has 0 spiro atoms. The largest absolute Gasteiger partial charge is 0.367 e. The number of sulfonamides is 1. The van der Waals surface area contributed by atoms with E-state index in [-0.39, 0.29) is 11.8 Å². The topological polar surface area (TPSA) is 122 Å². The van der Waals surface area contributed by atoms with Gasteiger partial charge in [0.25, 0.3) is 0 Å². The van der Waals surface area contributed by atoms with Crippen molar-refractivity contribution in [3.8, 4) is 0 Å². The maximum Gasteiger partial charge on any atom is 0.232 e. The lowest BCUT2D eigenvalue weighted by atomic mass is 10.2. The zero-order valence-electron chi connectivity index (χ0n) is 20.7. The molecule has 0 bridgehead atoms. The molecule has 0 atom stereocenters. The first-order valence-electron chi connectivity index (χ1n) is 11.7. The van der Waals surface area contributed by atoms with E-state index < -0.39 is 10.0 Å². The summed E-state index contributed by atoms with van der Waals surface area (Å²) in [6.45, 7) is 3.31. The Morgan fingerprint density at radius 3 is 2.54 bits per heavy atom. The van der Waals surface area contributed by atoms with Gasteiger partial charge in [-0.15, -0.1) is 0 Å². The number of halogens is 1. The number of hydrogen-bond donors (Lipinski definition) is 3. The molecule has 1 saturated heterocycles. The van der Waals surface area contributed by atoms with Crippen LogP contribution >= 0.6 is 0 Å². The van der Waals surface area contributed by atoms with Crippen molar-refractivity contribution < 1.29 is 12.8 Å². The predicted molar refractivity (Wildman–Crippen MR) is 144 cm³/mol. The molecule has 13 heteroatoms. The SMILES string of the molecule is CN1CCN(c2ccc(Nc3nc(Nc4ccccc4N(C)S(C)(=O)=O)c4cn[nH]c4n3)cc2F)CC1. The number of piperazine rings is 1. The van der Waals surface area contributed by atoms with Gasteiger partial charge in [-0.25, -0.2) is 12.8 Å². The molecular formula is C24H28FN9O2S. The van der Waals surface area contributed by atoms with E-state index in [9.17, 15) is 8.42 Å². The number of aromatic amines is 1. The normalized spacial score (nSPS) is 14.6. The molecule has 3 N–H and O–H groups in total. The molecule has 1 aliphatic rings. The highest BCUT2D eigenvalue weighted by Gasteiger charge is 2.19. The van der Waals surface area contributed by atoms with Crippen LogP contribution in [0.4, 0.5) is 38.9 Å². The first kappa shape index (κ1) is 24.7. The van der Waals surface area contributed by atoms with Crippen LogP contribution < -0.4 is 19.8 Å². The lowest BCUT2D eigenvalue weighted by Gasteiger charge is -2.34. The third kappa shape index (κ3) is 5.27. The number of para-hydroxylation sites is 2. The fraction of sp³-hybridized carbons (Fsp3) is 0.292. The van der Waals surface area contributed by atoms with Gasteiger partial charge in [0.05, 0.1) is 34.9 Å². The Hall–Kier alpha value is -3.97. The molecular weight excluding hydrogens is 497 g/mol. The number of H-pyrrole nitrogens is 1. The van der Waals surface area contributed by atoms with Gasteiger partial charge in [-0.05, 0) is 37.4 Å². The van der Waals surface area contributed by atoms with Gasteiger partial charge in [0.15, 0.2) is 5.65 Å². The number of fused-ring (bicyclic) bond motifs is 1. The van der Waals surface area contributed by atoms with Gasteiger partial charge in [0.2, 0.25) is 16.0 Å². The Labute approximate surface area is 214 Å². The minimum absolute atomic E-state index is 0.222. The minimum Gasteiger partial charge on any atom is -0.367 e. The Balaban J connectivity index is 1.43. The second-order valence-corrected chi connectivity index (χ2v) is 11.0. The summed E-state index contributed by atoms with van der Waals surface area (Å²) in [7, 11) is 0.0597. The zero-order valence-corrected chi connectivity index (χ0v) is 21.5. The van der Waals surface area contributed by atoms with Crippen LogP contribution in [0.1, 0.15) is 0 Å². The van der Waals surface area contributed by atoms with Gasteiger partial charge in [0.1, 0.15) is 11.6 Å². The summed E-state index contributed by atoms with van der Waals surface area (Å²) >= 11 is 0. The number of hydrogen-bond acceptors (Lipinski definition) is 9. The molecule has 194 valence electrons. The van der Waals surface area contributed by atoms with Crippen LogP contribution in [0, 0.1) is 5.82 Å². The van der Waals surface area contributed by atoms with E-state index >= 15 is 4.39 Å². The highest BCUT2D eigenvalue weighted by Crippen LogP contribution is 2.32. The Morgan fingerprint density at radius 2 is 1.81 bits per heavy atom. The summed E-state index contributed by atoms with van der Waals surface area (Å²) in [6.07, 6.45) is 2.72. The standard InChI is InChI=1S/C24H28FN9O2S/c1-32-10-12-34(13-11-32)20-9-8-16(14-18(20)25)27-24-29-22(17-15-26-31-23(17)30-24)28-19-6-4-5-7-21(19)33(2)37(3,35)36/h4-9,14-15H,10-13H2,1-3H3,(H3,26,27,28,29,30,31). The van der Waals surface area contributed by atoms with Gasteiger partial charge < -0.3 is 20.4 Å². The first-order valence-corrected chi connectivity index (χ1v) is 13.5. The molecule has 1 fully saturated rings. The molecule has 0 radical (unpaired) electrons. The molecule has 0 amide bonds. The van der Waals surface area contributed by atoms with Gasteiger partial charge >= 0.3 is 0 Å². The number of anilines is 6. The number of rotatable bonds is 7. The van der Waals surface area contributed by atoms with Crippen molar-refractivity contribution in [2.24, 2.45) is 0 Å². The third-order valence-corrected chi connectivity index (χ3v) is 7.54. The van der Waals surface area contributed by atoms with Crippen LogP contribution in [0.3, 0.4) is 0 Å². The number of nitrogens with zero attached hydrogens (tertiary/aromatic N) is 6. The van der Waals surface area contributed by atoms with Crippen LogP contribution in [0.2, 0.25) is 0 Å². The molecule has 4 aromatic rings. The van der Waals surface area contributed by atoms with Crippen molar-refractivity contribution in [3.05, 3.63) is 54.5 Å². The van der Waals surface area contributed by atoms with Crippen molar-refractivity contribution >= 4 is 55.6 Å². The Morgan fingerprint density at radius 1 is 1.05 bits per heavy atom. The summed E-state index contributed by atoms with van der Waals surface area (Å²) < 4.78 is 40.5. The maximum atomic E-state index is 15.0. The molecule has 0 saturated carbocycles. The lowest BCUT2D eigenvalue weighted by molar-refractivity contribution is 0.311. The average Bonchev–Trinajstić information content (AvgIpc) is 3.33. The van der Waals surface area contributed by atoms with Crippen molar-refractivity contribution in [2.45, 2.75) is 0 Å². The predicted octanol–water partition coefficient (Wildman–Crippen LogP) is 3.13. The molecule has 37 heavy (non-hydrogen) atoms. The summed E-state index contributed by atoms with van der Waals surface area (Å²) in [5.41, 5.74) is 2.51. The summed E-state index contributed by atoms with van der Waals surface area (Å²) in [6, 6.07) is 12.0. The number of aromatic nitrogens is 4. The molecule has 5 rings (SSSR count). The first-order chi connectivity index (χ1) is 17.7. The van der Waals surface area contributed by atoms with Gasteiger partial charge in [-0.3, -0.25) is 9.40 Å². The molecule has 1 aliphatic heterocycles. The summed E-state index contributed by atoms with van der Waals surface area (Å²) in [4.78, 5) is 13.3. The van der Waals surface area contributed by atoms with Crippen LogP contribution in [-0.2, 0) is 10.0 Å². The van der Waals surface area contributed by atoms with Gasteiger partial charge in [-0.2, -0.15) is 15.1 Å². The van der Waals surface area contributed by atoms with Crippen LogP contribution in [0.25, 0.3) is 11.0 Å². The average molecular weight is 526 g/mol. The van der Waals surface area contributed by atoms with Crippen molar-refractivity contribution in [2.75, 3.05) is 66.4 Å². The second kappa shape index (κ2) is 9.82. The third-order valence-electron chi connectivity index (χ3n) is 6.35. The van der Waals surface area contributed by atoms with Crippen LogP contribution in [-0.4, -0.2) is 80.0 Å². The smallest absolute Gasteiger partial charge is 0.232 e. The Kier molecular flexibility index (Phi) is 6.56.